The number of amides is 2. The minimum atomic E-state index is -1.47. The highest BCUT2D eigenvalue weighted by Crippen LogP contribution is 2.56. The van der Waals surface area contributed by atoms with E-state index < -0.39 is 33.8 Å². The van der Waals surface area contributed by atoms with E-state index in [-0.39, 0.29) is 18.4 Å². The van der Waals surface area contributed by atoms with E-state index in [1.807, 2.05) is 30.3 Å². The number of carbonyl (C=O) groups is 3. The molecule has 1 aliphatic carbocycles. The number of fused-ring (bicyclic) bond motifs is 1. The summed E-state index contributed by atoms with van der Waals surface area (Å²) in [5, 5.41) is 11.9. The van der Waals surface area contributed by atoms with Crippen LogP contribution in [0.4, 0.5) is 0 Å². The molecule has 27 heavy (non-hydrogen) atoms. The number of nitrogens with one attached hydrogen (secondary N) is 1. The lowest BCUT2D eigenvalue weighted by Gasteiger charge is -2.52. The van der Waals surface area contributed by atoms with Gasteiger partial charge in [-0.1, -0.05) is 30.3 Å². The number of carboxylic acids is 1. The summed E-state index contributed by atoms with van der Waals surface area (Å²) in [6.45, 7) is 3.60. The lowest BCUT2D eigenvalue weighted by Crippen LogP contribution is -2.80. The average molecular weight is 390 g/mol. The first-order valence-corrected chi connectivity index (χ1v) is 9.89. The van der Waals surface area contributed by atoms with Gasteiger partial charge in [0, 0.05) is 4.75 Å². The first-order valence-electron chi connectivity index (χ1n) is 9.01. The third-order valence-corrected chi connectivity index (χ3v) is 6.76. The van der Waals surface area contributed by atoms with E-state index >= 15 is 0 Å². The Labute approximate surface area is 161 Å². The van der Waals surface area contributed by atoms with Crippen LogP contribution in [0, 0.1) is 0 Å². The molecule has 0 bridgehead atoms. The summed E-state index contributed by atoms with van der Waals surface area (Å²) < 4.78 is 5.33. The highest BCUT2D eigenvalue weighted by molar-refractivity contribution is 8.01. The highest BCUT2D eigenvalue weighted by atomic mass is 32.2. The number of hydrogen-bond donors (Lipinski definition) is 2. The first-order chi connectivity index (χ1) is 12.7. The fourth-order valence-corrected chi connectivity index (χ4v) is 5.40. The number of benzene rings is 1. The van der Waals surface area contributed by atoms with Crippen molar-refractivity contribution in [3.05, 3.63) is 35.9 Å². The highest BCUT2D eigenvalue weighted by Gasteiger charge is 2.74. The van der Waals surface area contributed by atoms with Gasteiger partial charge < -0.3 is 20.1 Å². The van der Waals surface area contributed by atoms with Crippen molar-refractivity contribution in [1.29, 1.82) is 0 Å². The van der Waals surface area contributed by atoms with Crippen LogP contribution >= 0.6 is 11.8 Å². The van der Waals surface area contributed by atoms with Crippen molar-refractivity contribution in [3.8, 4) is 0 Å². The van der Waals surface area contributed by atoms with Crippen molar-refractivity contribution in [2.45, 2.75) is 61.1 Å². The Balaban J connectivity index is 1.58. The lowest BCUT2D eigenvalue weighted by molar-refractivity contribution is -0.209. The summed E-state index contributed by atoms with van der Waals surface area (Å²) in [7, 11) is 0. The number of aliphatic carboxylic acids is 1. The van der Waals surface area contributed by atoms with Crippen molar-refractivity contribution < 1.29 is 24.2 Å². The van der Waals surface area contributed by atoms with Crippen LogP contribution in [-0.2, 0) is 25.5 Å². The van der Waals surface area contributed by atoms with Gasteiger partial charge in [0.1, 0.15) is 11.4 Å². The summed E-state index contributed by atoms with van der Waals surface area (Å²) in [6, 6.07) is 8.31. The summed E-state index contributed by atoms with van der Waals surface area (Å²) in [6.07, 6.45) is 1.74. The zero-order chi connectivity index (χ0) is 19.4. The molecule has 0 radical (unpaired) electrons. The van der Waals surface area contributed by atoms with Crippen LogP contribution < -0.4 is 5.32 Å². The molecule has 1 aromatic rings. The molecule has 0 spiro atoms. The summed E-state index contributed by atoms with van der Waals surface area (Å²) in [4.78, 5) is 38.7. The van der Waals surface area contributed by atoms with Gasteiger partial charge >= 0.3 is 5.97 Å². The molecular weight excluding hydrogens is 368 g/mol. The standard InChI is InChI=1S/C19H22N2O5S/c1-18(2)14(15(23)24)21-16(25)19(17(21)27-18,26-12-8-9-12)20-13(22)10-11-6-4-3-5-7-11/h3-7,12,14,17H,8-10H2,1-2H3,(H,20,22)(H,23,24)/t14-,17+,19-/m0/s1. The van der Waals surface area contributed by atoms with Crippen LogP contribution in [0.1, 0.15) is 32.3 Å². The van der Waals surface area contributed by atoms with E-state index in [0.717, 1.165) is 18.4 Å². The van der Waals surface area contributed by atoms with Crippen LogP contribution in [0.5, 0.6) is 0 Å². The Morgan fingerprint density at radius 3 is 2.56 bits per heavy atom. The van der Waals surface area contributed by atoms with E-state index in [9.17, 15) is 19.5 Å². The molecule has 1 aromatic carbocycles. The maximum Gasteiger partial charge on any atom is 0.327 e. The molecular formula is C19H22N2O5S. The van der Waals surface area contributed by atoms with Crippen molar-refractivity contribution >= 4 is 29.5 Å². The van der Waals surface area contributed by atoms with Gasteiger partial charge in [-0.3, -0.25) is 9.59 Å². The van der Waals surface area contributed by atoms with Gasteiger partial charge in [-0.25, -0.2) is 4.79 Å². The van der Waals surface area contributed by atoms with Gasteiger partial charge in [-0.05, 0) is 32.3 Å². The number of thioether (sulfide) groups is 1. The third-order valence-electron chi connectivity index (χ3n) is 5.15. The number of carboxylic acid groups (broad SMARTS) is 1. The van der Waals surface area contributed by atoms with Gasteiger partial charge in [0.15, 0.2) is 0 Å². The minimum Gasteiger partial charge on any atom is -0.480 e. The Morgan fingerprint density at radius 1 is 1.30 bits per heavy atom. The quantitative estimate of drug-likeness (QED) is 0.563. The van der Waals surface area contributed by atoms with Crippen molar-refractivity contribution in [3.63, 3.8) is 0 Å². The van der Waals surface area contributed by atoms with Gasteiger partial charge in [0.25, 0.3) is 11.6 Å². The number of β-lactam (4-membered cyclic amide) rings is 1. The Bertz CT molecular complexity index is 795. The number of hydrogen-bond acceptors (Lipinski definition) is 5. The predicted octanol–water partition coefficient (Wildman–Crippen LogP) is 1.37. The monoisotopic (exact) mass is 390 g/mol. The zero-order valence-electron chi connectivity index (χ0n) is 15.2. The first kappa shape index (κ1) is 18.3. The Kier molecular flexibility index (Phi) is 4.23. The smallest absolute Gasteiger partial charge is 0.327 e. The average Bonchev–Trinajstić information content (AvgIpc) is 3.36. The molecule has 2 heterocycles. The van der Waals surface area contributed by atoms with E-state index in [1.54, 1.807) is 13.8 Å². The fraction of sp³-hybridized carbons (Fsp3) is 0.526. The molecule has 4 rings (SSSR count). The van der Waals surface area contributed by atoms with Gasteiger partial charge in [-0.2, -0.15) is 0 Å². The van der Waals surface area contributed by atoms with Crippen molar-refractivity contribution in [2.75, 3.05) is 0 Å². The van der Waals surface area contributed by atoms with Gasteiger partial charge in [-0.15, -0.1) is 11.8 Å². The van der Waals surface area contributed by atoms with E-state index in [4.69, 9.17) is 4.74 Å². The second kappa shape index (κ2) is 6.24. The molecule has 2 N–H and O–H groups in total. The van der Waals surface area contributed by atoms with E-state index in [2.05, 4.69) is 5.32 Å². The largest absolute Gasteiger partial charge is 0.480 e. The molecule has 1 saturated carbocycles. The number of rotatable bonds is 6. The van der Waals surface area contributed by atoms with E-state index in [1.165, 1.54) is 16.7 Å². The van der Waals surface area contributed by atoms with Crippen LogP contribution in [0.25, 0.3) is 0 Å². The molecule has 2 amide bonds. The molecule has 3 aliphatic rings. The topological polar surface area (TPSA) is 95.9 Å². The number of nitrogens with zero attached hydrogens (tertiary/aromatic N) is 1. The molecule has 0 aromatic heterocycles. The lowest BCUT2D eigenvalue weighted by atomic mass is 9.93. The fourth-order valence-electron chi connectivity index (χ4n) is 3.76. The maximum absolute atomic E-state index is 13.0. The summed E-state index contributed by atoms with van der Waals surface area (Å²) in [5.41, 5.74) is -0.637. The van der Waals surface area contributed by atoms with Crippen LogP contribution in [0.3, 0.4) is 0 Å². The van der Waals surface area contributed by atoms with Gasteiger partial charge in [0.05, 0.1) is 12.5 Å². The molecule has 3 fully saturated rings. The predicted molar refractivity (Wildman–Crippen MR) is 98.9 cm³/mol. The SMILES string of the molecule is CC1(C)S[C@H]2N(C(=O)[C@]2(NC(=O)Cc2ccccc2)OC2CC2)[C@H]1C(=O)O. The zero-order valence-corrected chi connectivity index (χ0v) is 16.0. The third kappa shape index (κ3) is 3.00. The van der Waals surface area contributed by atoms with Crippen LogP contribution in [0.15, 0.2) is 30.3 Å². The Hall–Kier alpha value is -2.06. The van der Waals surface area contributed by atoms with Crippen molar-refractivity contribution in [1.82, 2.24) is 10.2 Å². The summed E-state index contributed by atoms with van der Waals surface area (Å²) >= 11 is 1.37. The van der Waals surface area contributed by atoms with Crippen LogP contribution in [0.2, 0.25) is 0 Å². The Morgan fingerprint density at radius 2 is 1.96 bits per heavy atom. The van der Waals surface area contributed by atoms with Gasteiger partial charge in [0.2, 0.25) is 5.91 Å². The number of ether oxygens (including phenoxy) is 1. The maximum atomic E-state index is 13.0. The normalized spacial score (nSPS) is 31.2. The molecule has 7 nitrogen and oxygen atoms in total. The van der Waals surface area contributed by atoms with Crippen molar-refractivity contribution in [2.24, 2.45) is 0 Å². The minimum absolute atomic E-state index is 0.0688. The second-order valence-corrected chi connectivity index (χ2v) is 9.52. The molecule has 8 heteroatoms. The van der Waals surface area contributed by atoms with Crippen LogP contribution in [-0.4, -0.2) is 55.8 Å². The number of carbonyl (C=O) groups excluding carboxylic acids is 2. The molecule has 2 saturated heterocycles. The summed E-state index contributed by atoms with van der Waals surface area (Å²) in [5.74, 6) is -1.82. The molecule has 0 unspecified atom stereocenters. The van der Waals surface area contributed by atoms with E-state index in [0.29, 0.717) is 0 Å². The molecule has 2 aliphatic heterocycles. The second-order valence-electron chi connectivity index (χ2n) is 7.79. The molecule has 144 valence electrons. The molecule has 3 atom stereocenters.